The molecular formula is C22H22O3. The fourth-order valence-electron chi connectivity index (χ4n) is 3.54. The van der Waals surface area contributed by atoms with Crippen LogP contribution >= 0.6 is 0 Å². The summed E-state index contributed by atoms with van der Waals surface area (Å²) >= 11 is 0. The summed E-state index contributed by atoms with van der Waals surface area (Å²) in [4.78, 5) is 0. The molecule has 3 heteroatoms. The molecule has 0 bridgehead atoms. The van der Waals surface area contributed by atoms with Crippen molar-refractivity contribution < 1.29 is 14.2 Å². The summed E-state index contributed by atoms with van der Waals surface area (Å²) in [5.74, 6) is 3.11. The average molecular weight is 334 g/mol. The first-order chi connectivity index (χ1) is 12.3. The normalized spacial score (nSPS) is 20.2. The fourth-order valence-corrected chi connectivity index (χ4v) is 3.54. The summed E-state index contributed by atoms with van der Waals surface area (Å²) in [6.45, 7) is 0.673. The van der Waals surface area contributed by atoms with Gasteiger partial charge in [0.1, 0.15) is 12.4 Å². The van der Waals surface area contributed by atoms with E-state index in [1.54, 1.807) is 14.2 Å². The van der Waals surface area contributed by atoms with Crippen molar-refractivity contribution in [1.29, 1.82) is 0 Å². The summed E-state index contributed by atoms with van der Waals surface area (Å²) in [6.07, 6.45) is 6.64. The van der Waals surface area contributed by atoms with Gasteiger partial charge in [0, 0.05) is 17.0 Å². The Bertz CT molecular complexity index is 842. The second-order valence-corrected chi connectivity index (χ2v) is 6.40. The van der Waals surface area contributed by atoms with Crippen molar-refractivity contribution in [1.82, 2.24) is 0 Å². The molecule has 0 radical (unpaired) electrons. The second kappa shape index (κ2) is 6.67. The maximum Gasteiger partial charge on any atom is 0.176 e. The number of fused-ring (bicyclic) bond motifs is 1. The molecule has 1 heterocycles. The van der Waals surface area contributed by atoms with Crippen molar-refractivity contribution in [2.75, 3.05) is 20.8 Å². The number of ether oxygens (including phenoxy) is 3. The first kappa shape index (κ1) is 15.8. The number of benzene rings is 2. The number of methoxy groups -OCH3 is 2. The van der Waals surface area contributed by atoms with Crippen LogP contribution in [0, 0.1) is 0 Å². The topological polar surface area (TPSA) is 31.0 Å². The molecule has 1 saturated heterocycles. The van der Waals surface area contributed by atoms with Gasteiger partial charge in [-0.2, -0.15) is 0 Å². The lowest BCUT2D eigenvalue weighted by atomic mass is 9.93. The van der Waals surface area contributed by atoms with Crippen molar-refractivity contribution in [2.24, 2.45) is 0 Å². The summed E-state index contributed by atoms with van der Waals surface area (Å²) in [6, 6.07) is 14.8. The molecule has 0 N–H and O–H groups in total. The van der Waals surface area contributed by atoms with Gasteiger partial charge >= 0.3 is 0 Å². The predicted molar refractivity (Wildman–Crippen MR) is 99.4 cm³/mol. The molecule has 1 fully saturated rings. The van der Waals surface area contributed by atoms with Gasteiger partial charge in [0.25, 0.3) is 0 Å². The summed E-state index contributed by atoms with van der Waals surface area (Å²) in [5, 5.41) is 0. The minimum absolute atomic E-state index is 0.360. The van der Waals surface area contributed by atoms with Gasteiger partial charge < -0.3 is 14.2 Å². The Balaban J connectivity index is 1.66. The molecular weight excluding hydrogens is 312 g/mol. The van der Waals surface area contributed by atoms with Crippen LogP contribution < -0.4 is 4.74 Å². The predicted octanol–water partition coefficient (Wildman–Crippen LogP) is 4.78. The minimum Gasteiger partial charge on any atom is -0.496 e. The summed E-state index contributed by atoms with van der Waals surface area (Å²) < 4.78 is 16.4. The van der Waals surface area contributed by atoms with Gasteiger partial charge in [-0.25, -0.2) is 0 Å². The van der Waals surface area contributed by atoms with Gasteiger partial charge in [-0.15, -0.1) is 0 Å². The van der Waals surface area contributed by atoms with E-state index in [2.05, 4.69) is 42.5 Å². The largest absolute Gasteiger partial charge is 0.496 e. The van der Waals surface area contributed by atoms with Crippen LogP contribution in [-0.4, -0.2) is 20.8 Å². The van der Waals surface area contributed by atoms with E-state index < -0.39 is 0 Å². The quantitative estimate of drug-likeness (QED) is 0.595. The van der Waals surface area contributed by atoms with Gasteiger partial charge in [0.05, 0.1) is 14.2 Å². The molecule has 0 aromatic heterocycles. The molecule has 25 heavy (non-hydrogen) atoms. The van der Waals surface area contributed by atoms with E-state index in [9.17, 15) is 0 Å². The van der Waals surface area contributed by atoms with Crippen LogP contribution in [0.1, 0.15) is 34.6 Å². The van der Waals surface area contributed by atoms with Crippen LogP contribution in [-0.2, 0) is 15.9 Å². The van der Waals surface area contributed by atoms with Crippen LogP contribution in [0.25, 0.3) is 11.8 Å². The van der Waals surface area contributed by atoms with Gasteiger partial charge in [0.15, 0.2) is 11.5 Å². The highest BCUT2D eigenvalue weighted by atomic mass is 16.6. The third-order valence-electron chi connectivity index (χ3n) is 4.93. The van der Waals surface area contributed by atoms with E-state index in [4.69, 9.17) is 14.2 Å². The Morgan fingerprint density at radius 2 is 1.96 bits per heavy atom. The third kappa shape index (κ3) is 3.14. The van der Waals surface area contributed by atoms with E-state index >= 15 is 0 Å². The number of aryl methyl sites for hydroxylation is 1. The van der Waals surface area contributed by atoms with Crippen molar-refractivity contribution in [3.05, 3.63) is 76.6 Å². The standard InChI is InChI=1S/C22H22O3/c1-23-20-6-4-3-5-19(20)16-9-7-15-8-12-18(13-17(15)11-10-16)22(24-2)21-14-25-21/h3-6,8,10-13,16H,7,9,14H2,1-2H3/b22-21-. The van der Waals surface area contributed by atoms with E-state index in [0.717, 1.165) is 35.7 Å². The lowest BCUT2D eigenvalue weighted by Crippen LogP contribution is -2.00. The van der Waals surface area contributed by atoms with E-state index in [1.165, 1.54) is 16.7 Å². The number of para-hydroxylation sites is 1. The minimum atomic E-state index is 0.360. The molecule has 2 aliphatic rings. The number of rotatable bonds is 4. The molecule has 4 rings (SSSR count). The number of hydrogen-bond donors (Lipinski definition) is 0. The zero-order valence-corrected chi connectivity index (χ0v) is 14.6. The Kier molecular flexibility index (Phi) is 4.22. The zero-order valence-electron chi connectivity index (χ0n) is 14.6. The first-order valence-electron chi connectivity index (χ1n) is 8.64. The molecule has 2 aromatic carbocycles. The Morgan fingerprint density at radius 3 is 2.72 bits per heavy atom. The second-order valence-electron chi connectivity index (χ2n) is 6.40. The van der Waals surface area contributed by atoms with Gasteiger partial charge in [0.2, 0.25) is 0 Å². The highest BCUT2D eigenvalue weighted by Gasteiger charge is 2.23. The molecule has 0 spiro atoms. The van der Waals surface area contributed by atoms with Gasteiger partial charge in [-0.3, -0.25) is 0 Å². The first-order valence-corrected chi connectivity index (χ1v) is 8.64. The van der Waals surface area contributed by atoms with Crippen molar-refractivity contribution in [3.8, 4) is 5.75 Å². The van der Waals surface area contributed by atoms with Gasteiger partial charge in [-0.05, 0) is 36.1 Å². The average Bonchev–Trinajstić information content (AvgIpc) is 3.49. The molecule has 0 saturated carbocycles. The molecule has 3 nitrogen and oxygen atoms in total. The van der Waals surface area contributed by atoms with Crippen LogP contribution in [0.5, 0.6) is 5.75 Å². The lowest BCUT2D eigenvalue weighted by molar-refractivity contribution is 0.361. The van der Waals surface area contributed by atoms with Crippen molar-refractivity contribution >= 4 is 11.8 Å². The molecule has 2 aromatic rings. The highest BCUT2D eigenvalue weighted by molar-refractivity contribution is 5.69. The molecule has 1 aliphatic heterocycles. The van der Waals surface area contributed by atoms with E-state index in [1.807, 2.05) is 12.1 Å². The van der Waals surface area contributed by atoms with E-state index in [0.29, 0.717) is 12.5 Å². The van der Waals surface area contributed by atoms with Gasteiger partial charge in [-0.1, -0.05) is 42.5 Å². The summed E-state index contributed by atoms with van der Waals surface area (Å²) in [7, 11) is 3.43. The monoisotopic (exact) mass is 334 g/mol. The zero-order chi connectivity index (χ0) is 17.2. The van der Waals surface area contributed by atoms with Crippen LogP contribution in [0.2, 0.25) is 0 Å². The Morgan fingerprint density at radius 1 is 1.12 bits per heavy atom. The van der Waals surface area contributed by atoms with Crippen LogP contribution in [0.3, 0.4) is 0 Å². The lowest BCUT2D eigenvalue weighted by Gasteiger charge is -2.15. The molecule has 1 unspecified atom stereocenters. The maximum atomic E-state index is 5.54. The summed E-state index contributed by atoms with van der Waals surface area (Å²) in [5.41, 5.74) is 4.95. The smallest absolute Gasteiger partial charge is 0.176 e. The van der Waals surface area contributed by atoms with E-state index in [-0.39, 0.29) is 0 Å². The fraction of sp³-hybridized carbons (Fsp3) is 0.273. The third-order valence-corrected chi connectivity index (χ3v) is 4.93. The SMILES string of the molecule is CO/C(=C1/CO1)c1ccc2c(c1)C=CC(c1ccccc1OC)CC2. The maximum absolute atomic E-state index is 5.54. The van der Waals surface area contributed by atoms with Crippen LogP contribution in [0.15, 0.2) is 54.3 Å². The number of allylic oxidation sites excluding steroid dienone is 1. The molecule has 1 aliphatic carbocycles. The molecule has 128 valence electrons. The molecule has 0 amide bonds. The number of hydrogen-bond acceptors (Lipinski definition) is 3. The van der Waals surface area contributed by atoms with Crippen molar-refractivity contribution in [3.63, 3.8) is 0 Å². The number of epoxide rings is 1. The van der Waals surface area contributed by atoms with Crippen molar-refractivity contribution in [2.45, 2.75) is 18.8 Å². The Hall–Kier alpha value is -2.68. The van der Waals surface area contributed by atoms with Crippen LogP contribution in [0.4, 0.5) is 0 Å². The highest BCUT2D eigenvalue weighted by Crippen LogP contribution is 2.36. The Labute approximate surface area is 148 Å². The molecule has 1 atom stereocenters.